The minimum atomic E-state index is -4.39. The van der Waals surface area contributed by atoms with E-state index in [1.807, 2.05) is 34.6 Å². The molecule has 0 aliphatic rings. The van der Waals surface area contributed by atoms with Crippen LogP contribution in [0.2, 0.25) is 0 Å². The van der Waals surface area contributed by atoms with Crippen LogP contribution in [-0.4, -0.2) is 11.4 Å². The van der Waals surface area contributed by atoms with Crippen LogP contribution in [0.5, 0.6) is 0 Å². The van der Waals surface area contributed by atoms with Gasteiger partial charge >= 0.3 is 6.18 Å². The van der Waals surface area contributed by atoms with Gasteiger partial charge in [-0.3, -0.25) is 4.79 Å². The van der Waals surface area contributed by atoms with Crippen molar-refractivity contribution in [2.45, 2.75) is 53.3 Å². The van der Waals surface area contributed by atoms with E-state index < -0.39 is 17.3 Å². The number of amides is 1. The lowest BCUT2D eigenvalue weighted by atomic mass is 10.0. The summed E-state index contributed by atoms with van der Waals surface area (Å²) in [5, 5.41) is 2.71. The first-order chi connectivity index (χ1) is 9.00. The van der Waals surface area contributed by atoms with Crippen LogP contribution in [-0.2, 0) is 6.18 Å². The van der Waals surface area contributed by atoms with Crippen molar-refractivity contribution in [3.8, 4) is 0 Å². The van der Waals surface area contributed by atoms with Gasteiger partial charge in [-0.2, -0.15) is 13.2 Å². The SMILES string of the molecule is CC.Cc1cc(C(F)(F)F)ccc1C(=O)NC(C)(C)C. The van der Waals surface area contributed by atoms with Crippen molar-refractivity contribution in [2.24, 2.45) is 0 Å². The molecule has 0 bridgehead atoms. The quantitative estimate of drug-likeness (QED) is 0.806. The van der Waals surface area contributed by atoms with Crippen molar-refractivity contribution in [3.05, 3.63) is 34.9 Å². The van der Waals surface area contributed by atoms with E-state index in [-0.39, 0.29) is 11.5 Å². The van der Waals surface area contributed by atoms with E-state index in [0.29, 0.717) is 5.56 Å². The zero-order valence-electron chi connectivity index (χ0n) is 12.8. The number of nitrogens with one attached hydrogen (secondary N) is 1. The highest BCUT2D eigenvalue weighted by molar-refractivity contribution is 5.96. The Hall–Kier alpha value is -1.52. The number of halogens is 3. The highest BCUT2D eigenvalue weighted by Crippen LogP contribution is 2.30. The number of hydrogen-bond donors (Lipinski definition) is 1. The van der Waals surface area contributed by atoms with Crippen LogP contribution in [0.25, 0.3) is 0 Å². The molecule has 2 nitrogen and oxygen atoms in total. The second kappa shape index (κ2) is 6.77. The van der Waals surface area contributed by atoms with Gasteiger partial charge in [0.05, 0.1) is 5.56 Å². The predicted octanol–water partition coefficient (Wildman–Crippen LogP) is 4.57. The first kappa shape index (κ1) is 18.5. The standard InChI is InChI=1S/C13H16F3NO.C2H6/c1-8-7-9(13(14,15)16)5-6-10(8)11(18)17-12(2,3)4;1-2/h5-7H,1-4H3,(H,17,18);1-2H3. The van der Waals surface area contributed by atoms with Crippen molar-refractivity contribution < 1.29 is 18.0 Å². The number of hydrogen-bond acceptors (Lipinski definition) is 1. The summed E-state index contributed by atoms with van der Waals surface area (Å²) in [5.74, 6) is -0.367. The van der Waals surface area contributed by atoms with Crippen molar-refractivity contribution in [3.63, 3.8) is 0 Å². The average molecular weight is 289 g/mol. The largest absolute Gasteiger partial charge is 0.416 e. The fourth-order valence-corrected chi connectivity index (χ4v) is 1.50. The molecule has 5 heteroatoms. The molecule has 1 N–H and O–H groups in total. The van der Waals surface area contributed by atoms with Gasteiger partial charge in [0.15, 0.2) is 0 Å². The van der Waals surface area contributed by atoms with E-state index >= 15 is 0 Å². The van der Waals surface area contributed by atoms with Gasteiger partial charge in [0, 0.05) is 11.1 Å². The Morgan fingerprint density at radius 1 is 1.10 bits per heavy atom. The maximum Gasteiger partial charge on any atom is 0.416 e. The van der Waals surface area contributed by atoms with Crippen LogP contribution in [0.4, 0.5) is 13.2 Å². The lowest BCUT2D eigenvalue weighted by Gasteiger charge is -2.21. The molecule has 1 aromatic carbocycles. The molecule has 0 aliphatic heterocycles. The number of aryl methyl sites for hydroxylation is 1. The Labute approximate surface area is 118 Å². The molecule has 0 aliphatic carbocycles. The Morgan fingerprint density at radius 2 is 1.60 bits per heavy atom. The van der Waals surface area contributed by atoms with E-state index in [2.05, 4.69) is 5.32 Å². The van der Waals surface area contributed by atoms with Crippen molar-refractivity contribution in [2.75, 3.05) is 0 Å². The molecule has 0 heterocycles. The Kier molecular flexibility index (Phi) is 6.26. The van der Waals surface area contributed by atoms with Crippen molar-refractivity contribution in [1.82, 2.24) is 5.32 Å². The van der Waals surface area contributed by atoms with E-state index in [4.69, 9.17) is 0 Å². The second-order valence-electron chi connectivity index (χ2n) is 5.23. The monoisotopic (exact) mass is 289 g/mol. The van der Waals surface area contributed by atoms with Gasteiger partial charge in [-0.15, -0.1) is 0 Å². The first-order valence-corrected chi connectivity index (χ1v) is 6.51. The van der Waals surface area contributed by atoms with Gasteiger partial charge < -0.3 is 5.32 Å². The summed E-state index contributed by atoms with van der Waals surface area (Å²) in [5.41, 5.74) is -0.594. The molecule has 0 saturated heterocycles. The summed E-state index contributed by atoms with van der Waals surface area (Å²) in [4.78, 5) is 11.8. The molecule has 0 unspecified atom stereocenters. The summed E-state index contributed by atoms with van der Waals surface area (Å²) < 4.78 is 37.4. The highest BCUT2D eigenvalue weighted by atomic mass is 19.4. The molecular formula is C15H22F3NO. The molecule has 1 amide bonds. The van der Waals surface area contributed by atoms with Crippen molar-refractivity contribution in [1.29, 1.82) is 0 Å². The first-order valence-electron chi connectivity index (χ1n) is 6.51. The zero-order valence-corrected chi connectivity index (χ0v) is 12.8. The Morgan fingerprint density at radius 3 is 1.95 bits per heavy atom. The molecule has 0 fully saturated rings. The summed E-state index contributed by atoms with van der Waals surface area (Å²) >= 11 is 0. The Balaban J connectivity index is 0.00000172. The minimum absolute atomic E-state index is 0.262. The van der Waals surface area contributed by atoms with Crippen LogP contribution < -0.4 is 5.32 Å². The Bertz CT molecular complexity index is 459. The van der Waals surface area contributed by atoms with E-state index in [9.17, 15) is 18.0 Å². The van der Waals surface area contributed by atoms with Gasteiger partial charge in [0.1, 0.15) is 0 Å². The van der Waals surface area contributed by atoms with Gasteiger partial charge in [-0.05, 0) is 51.5 Å². The molecule has 0 spiro atoms. The minimum Gasteiger partial charge on any atom is -0.347 e. The van der Waals surface area contributed by atoms with E-state index in [1.54, 1.807) is 0 Å². The van der Waals surface area contributed by atoms with Gasteiger partial charge in [0.2, 0.25) is 0 Å². The molecule has 114 valence electrons. The smallest absolute Gasteiger partial charge is 0.347 e. The maximum absolute atomic E-state index is 12.5. The summed E-state index contributed by atoms with van der Waals surface area (Å²) in [6.45, 7) is 10.9. The predicted molar refractivity (Wildman–Crippen MR) is 74.7 cm³/mol. The molecule has 20 heavy (non-hydrogen) atoms. The molecule has 1 aromatic rings. The summed E-state index contributed by atoms with van der Waals surface area (Å²) in [6, 6.07) is 3.11. The summed E-state index contributed by atoms with van der Waals surface area (Å²) in [6.07, 6.45) is -4.39. The van der Waals surface area contributed by atoms with E-state index in [1.165, 1.54) is 13.0 Å². The van der Waals surface area contributed by atoms with Crippen LogP contribution in [0.15, 0.2) is 18.2 Å². The lowest BCUT2D eigenvalue weighted by Crippen LogP contribution is -2.40. The van der Waals surface area contributed by atoms with Crippen molar-refractivity contribution >= 4 is 5.91 Å². The van der Waals surface area contributed by atoms with Crippen LogP contribution in [0.3, 0.4) is 0 Å². The third-order valence-electron chi connectivity index (χ3n) is 2.29. The highest BCUT2D eigenvalue weighted by Gasteiger charge is 2.31. The lowest BCUT2D eigenvalue weighted by molar-refractivity contribution is -0.137. The van der Waals surface area contributed by atoms with E-state index in [0.717, 1.165) is 12.1 Å². The molecule has 0 aromatic heterocycles. The second-order valence-corrected chi connectivity index (χ2v) is 5.23. The fourth-order valence-electron chi connectivity index (χ4n) is 1.50. The molecule has 0 saturated carbocycles. The van der Waals surface area contributed by atoms with Crippen LogP contribution in [0, 0.1) is 6.92 Å². The zero-order chi connectivity index (χ0) is 16.1. The number of alkyl halides is 3. The number of carbonyl (C=O) groups is 1. The van der Waals surface area contributed by atoms with Gasteiger partial charge in [-0.1, -0.05) is 13.8 Å². The topological polar surface area (TPSA) is 29.1 Å². The van der Waals surface area contributed by atoms with Crippen LogP contribution >= 0.6 is 0 Å². The third kappa shape index (κ3) is 5.63. The van der Waals surface area contributed by atoms with Crippen LogP contribution in [0.1, 0.15) is 56.1 Å². The number of benzene rings is 1. The van der Waals surface area contributed by atoms with Gasteiger partial charge in [-0.25, -0.2) is 0 Å². The molecule has 0 atom stereocenters. The maximum atomic E-state index is 12.5. The molecular weight excluding hydrogens is 267 g/mol. The normalized spacial score (nSPS) is 11.4. The van der Waals surface area contributed by atoms with Gasteiger partial charge in [0.25, 0.3) is 5.91 Å². The summed E-state index contributed by atoms with van der Waals surface area (Å²) in [7, 11) is 0. The molecule has 1 rings (SSSR count). The molecule has 0 radical (unpaired) electrons. The number of rotatable bonds is 1. The average Bonchev–Trinajstić information content (AvgIpc) is 2.27. The fraction of sp³-hybridized carbons (Fsp3) is 0.533. The third-order valence-corrected chi connectivity index (χ3v) is 2.29. The number of carbonyl (C=O) groups excluding carboxylic acids is 1.